The van der Waals surface area contributed by atoms with Crippen LogP contribution >= 0.6 is 0 Å². The maximum atomic E-state index is 12.2. The first kappa shape index (κ1) is 15.3. The molecule has 0 aromatic rings. The summed E-state index contributed by atoms with van der Waals surface area (Å²) in [6.45, 7) is 2.26. The van der Waals surface area contributed by atoms with Crippen LogP contribution in [0.1, 0.15) is 51.4 Å². The highest BCUT2D eigenvalue weighted by Crippen LogP contribution is 2.38. The number of carbonyl (C=O) groups is 2. The minimum atomic E-state index is -0.750. The summed E-state index contributed by atoms with van der Waals surface area (Å²) in [7, 11) is 0. The molecule has 0 radical (unpaired) electrons. The lowest BCUT2D eigenvalue weighted by Crippen LogP contribution is -2.45. The van der Waals surface area contributed by atoms with Crippen molar-refractivity contribution in [3.63, 3.8) is 0 Å². The largest absolute Gasteiger partial charge is 0.481 e. The Balaban J connectivity index is 1.87. The van der Waals surface area contributed by atoms with Gasteiger partial charge in [-0.05, 0) is 37.6 Å². The van der Waals surface area contributed by atoms with Gasteiger partial charge in [-0.2, -0.15) is 0 Å². The van der Waals surface area contributed by atoms with Crippen LogP contribution in [-0.2, 0) is 9.59 Å². The summed E-state index contributed by atoms with van der Waals surface area (Å²) in [6, 6.07) is 0. The van der Waals surface area contributed by atoms with Gasteiger partial charge in [-0.1, -0.05) is 19.3 Å². The zero-order valence-corrected chi connectivity index (χ0v) is 12.1. The van der Waals surface area contributed by atoms with Crippen molar-refractivity contribution < 1.29 is 14.7 Å². The number of amides is 1. The van der Waals surface area contributed by atoms with Gasteiger partial charge < -0.3 is 15.7 Å². The van der Waals surface area contributed by atoms with Crippen LogP contribution in [0.2, 0.25) is 0 Å². The number of hydrogen-bond donors (Lipinski definition) is 3. The summed E-state index contributed by atoms with van der Waals surface area (Å²) in [5, 5.41) is 15.4. The zero-order chi connectivity index (χ0) is 14.4. The van der Waals surface area contributed by atoms with E-state index in [1.807, 2.05) is 0 Å². The third kappa shape index (κ3) is 4.20. The van der Waals surface area contributed by atoms with Crippen LogP contribution < -0.4 is 10.6 Å². The molecule has 0 unspecified atom stereocenters. The lowest BCUT2D eigenvalue weighted by Gasteiger charge is -2.36. The Morgan fingerprint density at radius 2 is 1.95 bits per heavy atom. The highest BCUT2D eigenvalue weighted by Gasteiger charge is 2.35. The monoisotopic (exact) mass is 282 g/mol. The van der Waals surface area contributed by atoms with Gasteiger partial charge in [-0.3, -0.25) is 9.59 Å². The number of carbonyl (C=O) groups excluding carboxylic acids is 1. The predicted molar refractivity (Wildman–Crippen MR) is 76.4 cm³/mol. The minimum Gasteiger partial charge on any atom is -0.481 e. The first-order valence-corrected chi connectivity index (χ1v) is 7.82. The standard InChI is InChI=1S/C15H26N2O3/c18-13(19)9-15(6-2-1-3-7-15)11-17-14(20)12-5-4-8-16-10-12/h12,16H,1-11H2,(H,17,20)(H,18,19)/t12-/m0/s1. The molecule has 1 atom stereocenters. The van der Waals surface area contributed by atoms with Gasteiger partial charge in [0.2, 0.25) is 5.91 Å². The number of carboxylic acids is 1. The molecule has 20 heavy (non-hydrogen) atoms. The molecule has 2 rings (SSSR count). The van der Waals surface area contributed by atoms with Crippen molar-refractivity contribution in [1.82, 2.24) is 10.6 Å². The molecule has 0 aromatic heterocycles. The van der Waals surface area contributed by atoms with E-state index < -0.39 is 5.97 Å². The molecule has 1 amide bonds. The molecule has 1 heterocycles. The van der Waals surface area contributed by atoms with Gasteiger partial charge in [-0.15, -0.1) is 0 Å². The Hall–Kier alpha value is -1.10. The van der Waals surface area contributed by atoms with E-state index in [0.29, 0.717) is 6.54 Å². The van der Waals surface area contributed by atoms with Crippen LogP contribution in [0.4, 0.5) is 0 Å². The number of piperidine rings is 1. The summed E-state index contributed by atoms with van der Waals surface area (Å²) >= 11 is 0. The predicted octanol–water partition coefficient (Wildman–Crippen LogP) is 1.53. The molecule has 5 heteroatoms. The molecule has 2 fully saturated rings. The molecular formula is C15H26N2O3. The average molecular weight is 282 g/mol. The van der Waals surface area contributed by atoms with Crippen molar-refractivity contribution in [3.05, 3.63) is 0 Å². The maximum absolute atomic E-state index is 12.2. The number of rotatable bonds is 5. The smallest absolute Gasteiger partial charge is 0.303 e. The third-order valence-corrected chi connectivity index (χ3v) is 4.75. The number of hydrogen-bond acceptors (Lipinski definition) is 3. The van der Waals surface area contributed by atoms with E-state index in [1.165, 1.54) is 6.42 Å². The quantitative estimate of drug-likeness (QED) is 0.714. The summed E-state index contributed by atoms with van der Waals surface area (Å²) in [5.74, 6) is -0.609. The van der Waals surface area contributed by atoms with Crippen molar-refractivity contribution in [3.8, 4) is 0 Å². The molecule has 1 aliphatic carbocycles. The van der Waals surface area contributed by atoms with Gasteiger partial charge in [0, 0.05) is 13.1 Å². The molecule has 5 nitrogen and oxygen atoms in total. The molecule has 1 aliphatic heterocycles. The van der Waals surface area contributed by atoms with Gasteiger partial charge in [0.15, 0.2) is 0 Å². The minimum absolute atomic E-state index is 0.0502. The first-order chi connectivity index (χ1) is 9.61. The van der Waals surface area contributed by atoms with E-state index in [4.69, 9.17) is 5.11 Å². The topological polar surface area (TPSA) is 78.4 Å². The van der Waals surface area contributed by atoms with Gasteiger partial charge >= 0.3 is 5.97 Å². The Bertz CT molecular complexity index is 345. The fourth-order valence-corrected chi connectivity index (χ4v) is 3.53. The van der Waals surface area contributed by atoms with Crippen molar-refractivity contribution in [2.24, 2.45) is 11.3 Å². The van der Waals surface area contributed by atoms with Crippen molar-refractivity contribution >= 4 is 11.9 Å². The number of carboxylic acid groups (broad SMARTS) is 1. The van der Waals surface area contributed by atoms with E-state index in [2.05, 4.69) is 10.6 Å². The van der Waals surface area contributed by atoms with Crippen molar-refractivity contribution in [2.45, 2.75) is 51.4 Å². The Labute approximate surface area is 120 Å². The van der Waals surface area contributed by atoms with Gasteiger partial charge in [0.25, 0.3) is 0 Å². The van der Waals surface area contributed by atoms with E-state index in [-0.39, 0.29) is 23.7 Å². The van der Waals surface area contributed by atoms with Crippen LogP contribution in [0.3, 0.4) is 0 Å². The molecule has 3 N–H and O–H groups in total. The summed E-state index contributed by atoms with van der Waals surface area (Å²) < 4.78 is 0. The second-order valence-electron chi connectivity index (χ2n) is 6.39. The second kappa shape index (κ2) is 7.07. The molecule has 2 aliphatic rings. The van der Waals surface area contributed by atoms with E-state index >= 15 is 0 Å². The Morgan fingerprint density at radius 1 is 1.20 bits per heavy atom. The maximum Gasteiger partial charge on any atom is 0.303 e. The van der Waals surface area contributed by atoms with Crippen molar-refractivity contribution in [2.75, 3.05) is 19.6 Å². The number of nitrogens with one attached hydrogen (secondary N) is 2. The Morgan fingerprint density at radius 3 is 2.55 bits per heavy atom. The number of aliphatic carboxylic acids is 1. The molecule has 0 aromatic carbocycles. The third-order valence-electron chi connectivity index (χ3n) is 4.75. The second-order valence-corrected chi connectivity index (χ2v) is 6.39. The lowest BCUT2D eigenvalue weighted by atomic mass is 9.71. The van der Waals surface area contributed by atoms with E-state index in [0.717, 1.165) is 51.6 Å². The fraction of sp³-hybridized carbons (Fsp3) is 0.867. The van der Waals surface area contributed by atoms with Crippen LogP contribution in [-0.4, -0.2) is 36.6 Å². The molecular weight excluding hydrogens is 256 g/mol. The molecule has 0 spiro atoms. The zero-order valence-electron chi connectivity index (χ0n) is 12.1. The fourth-order valence-electron chi connectivity index (χ4n) is 3.53. The molecule has 1 saturated carbocycles. The van der Waals surface area contributed by atoms with Gasteiger partial charge in [0.05, 0.1) is 12.3 Å². The van der Waals surface area contributed by atoms with Crippen LogP contribution in [0.15, 0.2) is 0 Å². The SMILES string of the molecule is O=C(O)CC1(CNC(=O)[C@H]2CCCNC2)CCCCC1. The van der Waals surface area contributed by atoms with Gasteiger partial charge in [0.1, 0.15) is 0 Å². The lowest BCUT2D eigenvalue weighted by molar-refractivity contribution is -0.141. The van der Waals surface area contributed by atoms with E-state index in [1.54, 1.807) is 0 Å². The van der Waals surface area contributed by atoms with E-state index in [9.17, 15) is 9.59 Å². The summed E-state index contributed by atoms with van der Waals surface area (Å²) in [6.07, 6.45) is 7.33. The highest BCUT2D eigenvalue weighted by molar-refractivity contribution is 5.79. The van der Waals surface area contributed by atoms with Gasteiger partial charge in [-0.25, -0.2) is 0 Å². The van der Waals surface area contributed by atoms with Crippen LogP contribution in [0, 0.1) is 11.3 Å². The summed E-state index contributed by atoms with van der Waals surface area (Å²) in [5.41, 5.74) is -0.220. The normalized spacial score (nSPS) is 25.9. The average Bonchev–Trinajstić information content (AvgIpc) is 2.46. The first-order valence-electron chi connectivity index (χ1n) is 7.82. The van der Waals surface area contributed by atoms with Crippen molar-refractivity contribution in [1.29, 1.82) is 0 Å². The molecule has 0 bridgehead atoms. The molecule has 1 saturated heterocycles. The summed E-state index contributed by atoms with van der Waals surface area (Å²) in [4.78, 5) is 23.3. The molecule has 114 valence electrons. The Kier molecular flexibility index (Phi) is 5.40. The van der Waals surface area contributed by atoms with Crippen LogP contribution in [0.25, 0.3) is 0 Å². The van der Waals surface area contributed by atoms with Crippen LogP contribution in [0.5, 0.6) is 0 Å². The highest BCUT2D eigenvalue weighted by atomic mass is 16.4.